The van der Waals surface area contributed by atoms with Crippen LogP contribution in [0.4, 0.5) is 24.5 Å². The van der Waals surface area contributed by atoms with Crippen molar-refractivity contribution in [2.24, 2.45) is 0 Å². The van der Waals surface area contributed by atoms with E-state index in [1.165, 1.54) is 6.07 Å². The van der Waals surface area contributed by atoms with Crippen molar-refractivity contribution in [1.29, 1.82) is 0 Å². The van der Waals surface area contributed by atoms with Crippen LogP contribution in [0.1, 0.15) is 27.2 Å². The summed E-state index contributed by atoms with van der Waals surface area (Å²) in [4.78, 5) is 38.4. The van der Waals surface area contributed by atoms with Gasteiger partial charge in [0.2, 0.25) is 0 Å². The number of hydrogen-bond donors (Lipinski definition) is 3. The Balaban J connectivity index is 1.61. The standard InChI is InChI=1S/C26H20BrF3N4O3/c1-14-8-15(2)10-20(9-14)32-23(35)22-12-16-11-18(27)6-7-21(16)34(22)33-25(37)24(36)31-19-5-3-4-17(13-19)26(28,29)30/h3-13H,1-2H3,(H,31,36)(H,32,35)(H,33,37). The summed E-state index contributed by atoms with van der Waals surface area (Å²) in [7, 11) is 0. The van der Waals surface area contributed by atoms with Crippen LogP contribution in [0.15, 0.2) is 71.2 Å². The zero-order chi connectivity index (χ0) is 26.9. The molecule has 0 unspecified atom stereocenters. The largest absolute Gasteiger partial charge is 0.416 e. The van der Waals surface area contributed by atoms with Gasteiger partial charge in [-0.25, -0.2) is 4.68 Å². The molecule has 0 saturated heterocycles. The minimum atomic E-state index is -4.61. The van der Waals surface area contributed by atoms with Gasteiger partial charge in [0.25, 0.3) is 5.91 Å². The number of aryl methyl sites for hydroxylation is 2. The Kier molecular flexibility index (Phi) is 7.08. The number of alkyl halides is 3. The summed E-state index contributed by atoms with van der Waals surface area (Å²) in [5, 5.41) is 5.54. The van der Waals surface area contributed by atoms with Gasteiger partial charge in [-0.1, -0.05) is 28.1 Å². The maximum Gasteiger partial charge on any atom is 0.416 e. The second kappa shape index (κ2) is 10.1. The van der Waals surface area contributed by atoms with E-state index in [9.17, 15) is 27.6 Å². The number of fused-ring (bicyclic) bond motifs is 1. The fraction of sp³-hybridized carbons (Fsp3) is 0.115. The predicted molar refractivity (Wildman–Crippen MR) is 138 cm³/mol. The van der Waals surface area contributed by atoms with Crippen molar-refractivity contribution in [2.45, 2.75) is 20.0 Å². The van der Waals surface area contributed by atoms with Gasteiger partial charge in [0, 0.05) is 21.2 Å². The lowest BCUT2D eigenvalue weighted by molar-refractivity contribution is -0.137. The van der Waals surface area contributed by atoms with Gasteiger partial charge in [-0.2, -0.15) is 13.2 Å². The highest BCUT2D eigenvalue weighted by atomic mass is 79.9. The number of carbonyl (C=O) groups excluding carboxylic acids is 3. The highest BCUT2D eigenvalue weighted by Gasteiger charge is 2.30. The Morgan fingerprint density at radius 1 is 0.811 bits per heavy atom. The summed E-state index contributed by atoms with van der Waals surface area (Å²) in [6.45, 7) is 3.78. The van der Waals surface area contributed by atoms with Crippen LogP contribution in [0.5, 0.6) is 0 Å². The van der Waals surface area contributed by atoms with E-state index in [2.05, 4.69) is 32.0 Å². The Labute approximate surface area is 217 Å². The number of halogens is 4. The first-order valence-electron chi connectivity index (χ1n) is 10.9. The average Bonchev–Trinajstić information content (AvgIpc) is 3.15. The van der Waals surface area contributed by atoms with Gasteiger partial charge in [0.1, 0.15) is 5.69 Å². The highest BCUT2D eigenvalue weighted by Crippen LogP contribution is 2.30. The fourth-order valence-electron chi connectivity index (χ4n) is 3.83. The molecule has 0 aliphatic rings. The summed E-state index contributed by atoms with van der Waals surface area (Å²) < 4.78 is 40.8. The van der Waals surface area contributed by atoms with Gasteiger partial charge in [0.05, 0.1) is 11.1 Å². The third-order valence-electron chi connectivity index (χ3n) is 5.34. The van der Waals surface area contributed by atoms with Crippen LogP contribution in [0.25, 0.3) is 10.9 Å². The molecule has 3 N–H and O–H groups in total. The first-order valence-corrected chi connectivity index (χ1v) is 11.7. The number of nitrogens with zero attached hydrogens (tertiary/aromatic N) is 1. The van der Waals surface area contributed by atoms with E-state index in [0.717, 1.165) is 38.5 Å². The smallest absolute Gasteiger partial charge is 0.321 e. The SMILES string of the molecule is Cc1cc(C)cc(NC(=O)c2cc3cc(Br)ccc3n2NC(=O)C(=O)Nc2cccc(C(F)(F)F)c2)c1. The van der Waals surface area contributed by atoms with E-state index in [4.69, 9.17) is 0 Å². The van der Waals surface area contributed by atoms with Crippen LogP contribution < -0.4 is 16.1 Å². The molecule has 0 aliphatic carbocycles. The third kappa shape index (κ3) is 6.00. The molecular formula is C26H20BrF3N4O3. The molecule has 0 spiro atoms. The molecule has 11 heteroatoms. The molecule has 4 rings (SSSR count). The molecule has 0 bridgehead atoms. The summed E-state index contributed by atoms with van der Waals surface area (Å²) in [5.74, 6) is -2.94. The third-order valence-corrected chi connectivity index (χ3v) is 5.84. The van der Waals surface area contributed by atoms with Gasteiger partial charge in [-0.15, -0.1) is 0 Å². The van der Waals surface area contributed by atoms with Crippen LogP contribution in [-0.2, 0) is 15.8 Å². The van der Waals surface area contributed by atoms with Crippen LogP contribution in [0.2, 0.25) is 0 Å². The molecule has 37 heavy (non-hydrogen) atoms. The van der Waals surface area contributed by atoms with Gasteiger partial charge in [-0.3, -0.25) is 19.8 Å². The van der Waals surface area contributed by atoms with Crippen molar-refractivity contribution in [3.05, 3.63) is 93.6 Å². The maximum absolute atomic E-state index is 13.2. The van der Waals surface area contributed by atoms with E-state index in [0.29, 0.717) is 16.6 Å². The Bertz CT molecular complexity index is 1530. The summed E-state index contributed by atoms with van der Waals surface area (Å²) in [6, 6.07) is 16.0. The first-order chi connectivity index (χ1) is 17.4. The zero-order valence-electron chi connectivity index (χ0n) is 19.5. The van der Waals surface area contributed by atoms with Gasteiger partial charge in [0.15, 0.2) is 0 Å². The van der Waals surface area contributed by atoms with Crippen molar-refractivity contribution < 1.29 is 27.6 Å². The van der Waals surface area contributed by atoms with E-state index >= 15 is 0 Å². The van der Waals surface area contributed by atoms with E-state index in [-0.39, 0.29) is 11.4 Å². The number of aromatic nitrogens is 1. The summed E-state index contributed by atoms with van der Waals surface area (Å²) in [6.07, 6.45) is -4.61. The normalized spacial score (nSPS) is 11.3. The number of nitrogens with one attached hydrogen (secondary N) is 3. The number of carbonyl (C=O) groups is 3. The van der Waals surface area contributed by atoms with Crippen molar-refractivity contribution >= 4 is 55.9 Å². The molecule has 4 aromatic rings. The minimum absolute atomic E-state index is 0.0347. The lowest BCUT2D eigenvalue weighted by atomic mass is 10.1. The monoisotopic (exact) mass is 572 g/mol. The number of benzene rings is 3. The van der Waals surface area contributed by atoms with Crippen molar-refractivity contribution in [3.8, 4) is 0 Å². The molecule has 1 aromatic heterocycles. The Hall–Kier alpha value is -4.12. The minimum Gasteiger partial charge on any atom is -0.321 e. The van der Waals surface area contributed by atoms with Crippen LogP contribution >= 0.6 is 15.9 Å². The second-order valence-corrected chi connectivity index (χ2v) is 9.29. The number of rotatable bonds is 4. The Morgan fingerprint density at radius 2 is 1.51 bits per heavy atom. The first kappa shape index (κ1) is 26.0. The number of anilines is 2. The quantitative estimate of drug-likeness (QED) is 0.262. The molecule has 3 amide bonds. The van der Waals surface area contributed by atoms with Crippen molar-refractivity contribution in [2.75, 3.05) is 16.1 Å². The van der Waals surface area contributed by atoms with Crippen LogP contribution in [0.3, 0.4) is 0 Å². The molecule has 3 aromatic carbocycles. The average molecular weight is 573 g/mol. The molecule has 1 heterocycles. The lowest BCUT2D eigenvalue weighted by Gasteiger charge is -2.14. The Morgan fingerprint density at radius 3 is 2.19 bits per heavy atom. The van der Waals surface area contributed by atoms with Crippen molar-refractivity contribution in [1.82, 2.24) is 4.68 Å². The van der Waals surface area contributed by atoms with Gasteiger partial charge < -0.3 is 10.6 Å². The van der Waals surface area contributed by atoms with Gasteiger partial charge >= 0.3 is 18.0 Å². The molecule has 0 radical (unpaired) electrons. The summed E-state index contributed by atoms with van der Waals surface area (Å²) in [5.41, 5.74) is 4.09. The topological polar surface area (TPSA) is 92.2 Å². The lowest BCUT2D eigenvalue weighted by Crippen LogP contribution is -2.36. The zero-order valence-corrected chi connectivity index (χ0v) is 21.1. The van der Waals surface area contributed by atoms with Crippen LogP contribution in [0, 0.1) is 13.8 Å². The molecule has 190 valence electrons. The second-order valence-electron chi connectivity index (χ2n) is 8.37. The van der Waals surface area contributed by atoms with Gasteiger partial charge in [-0.05, 0) is 79.6 Å². The fourth-order valence-corrected chi connectivity index (χ4v) is 4.21. The number of hydrogen-bond acceptors (Lipinski definition) is 3. The van der Waals surface area contributed by atoms with E-state index < -0.39 is 29.5 Å². The molecule has 0 aliphatic heterocycles. The highest BCUT2D eigenvalue weighted by molar-refractivity contribution is 9.10. The predicted octanol–water partition coefficient (Wildman–Crippen LogP) is 6.00. The molecule has 0 saturated carbocycles. The van der Waals surface area contributed by atoms with Crippen molar-refractivity contribution in [3.63, 3.8) is 0 Å². The summed E-state index contributed by atoms with van der Waals surface area (Å²) >= 11 is 3.36. The van der Waals surface area contributed by atoms with E-state index in [1.807, 2.05) is 19.9 Å². The van der Waals surface area contributed by atoms with E-state index in [1.54, 1.807) is 36.4 Å². The number of amides is 3. The maximum atomic E-state index is 13.2. The molecule has 0 fully saturated rings. The molecular weight excluding hydrogens is 553 g/mol. The molecule has 7 nitrogen and oxygen atoms in total. The molecule has 0 atom stereocenters. The van der Waals surface area contributed by atoms with Crippen LogP contribution in [-0.4, -0.2) is 22.4 Å².